The lowest BCUT2D eigenvalue weighted by Gasteiger charge is -1.81. The van der Waals surface area contributed by atoms with Crippen LogP contribution in [0.25, 0.3) is 16.6 Å². The van der Waals surface area contributed by atoms with Crippen molar-refractivity contribution in [3.05, 3.63) is 35.7 Å². The number of benzene rings is 1. The van der Waals surface area contributed by atoms with Gasteiger partial charge in [0.1, 0.15) is 5.52 Å². The molecule has 1 aromatic heterocycles. The number of hydrogen-bond donors (Lipinski definition) is 1. The molecule has 2 aromatic rings. The smallest absolute Gasteiger partial charge is 0.460 e. The largest absolute Gasteiger partial charge is 0.472 e. The number of aromatic nitrogens is 1. The van der Waals surface area contributed by atoms with Crippen LogP contribution in [0.3, 0.4) is 0 Å². The van der Waals surface area contributed by atoms with Gasteiger partial charge in [0.15, 0.2) is 5.58 Å². The fraction of sp³-hybridized carbons (Fsp3) is 0. The van der Waals surface area contributed by atoms with Gasteiger partial charge in [-0.25, -0.2) is 9.78 Å². The molecular formula is C9H5N3O3. The molecule has 6 nitrogen and oxygen atoms in total. The molecule has 0 fully saturated rings. The van der Waals surface area contributed by atoms with Gasteiger partial charge >= 0.3 is 17.6 Å². The van der Waals surface area contributed by atoms with Crippen LogP contribution in [0.4, 0.5) is 0 Å². The Hall–Kier alpha value is -2.46. The summed E-state index contributed by atoms with van der Waals surface area (Å²) >= 11 is 0. The van der Waals surface area contributed by atoms with E-state index in [1.807, 2.05) is 0 Å². The summed E-state index contributed by atoms with van der Waals surface area (Å²) in [5.41, 5.74) is 8.81. The second-order valence-electron chi connectivity index (χ2n) is 2.74. The molecule has 0 unspecified atom stereocenters. The molecule has 0 atom stereocenters. The van der Waals surface area contributed by atoms with E-state index in [-0.39, 0.29) is 5.89 Å². The lowest BCUT2D eigenvalue weighted by atomic mass is 10.3. The molecule has 0 bridgehead atoms. The van der Waals surface area contributed by atoms with E-state index in [1.165, 1.54) is 0 Å². The third kappa shape index (κ3) is 1.49. The first-order valence-electron chi connectivity index (χ1n) is 4.03. The van der Waals surface area contributed by atoms with E-state index in [4.69, 9.17) is 15.1 Å². The fourth-order valence-electron chi connectivity index (χ4n) is 1.15. The zero-order chi connectivity index (χ0) is 10.8. The molecule has 15 heavy (non-hydrogen) atoms. The molecule has 1 N–H and O–H groups in total. The molecule has 0 spiro atoms. The maximum Gasteiger partial charge on any atom is 0.460 e. The van der Waals surface area contributed by atoms with E-state index in [0.717, 1.165) is 0 Å². The van der Waals surface area contributed by atoms with Gasteiger partial charge in [-0.1, -0.05) is 12.1 Å². The van der Waals surface area contributed by atoms with Crippen molar-refractivity contribution in [2.24, 2.45) is 0 Å². The summed E-state index contributed by atoms with van der Waals surface area (Å²) < 4.78 is 5.10. The highest BCUT2D eigenvalue weighted by atomic mass is 16.4. The van der Waals surface area contributed by atoms with Gasteiger partial charge in [0.2, 0.25) is 0 Å². The topological polar surface area (TPSA) is 99.7 Å². The molecule has 0 aliphatic rings. The molecule has 0 saturated carbocycles. The summed E-state index contributed by atoms with van der Waals surface area (Å²) in [6.45, 7) is 0. The monoisotopic (exact) mass is 203 g/mol. The van der Waals surface area contributed by atoms with Crippen LogP contribution in [-0.4, -0.2) is 26.6 Å². The summed E-state index contributed by atoms with van der Waals surface area (Å²) in [5, 5.41) is 8.66. The van der Waals surface area contributed by atoms with Crippen LogP contribution in [0, 0.1) is 0 Å². The Morgan fingerprint density at radius 3 is 2.80 bits per heavy atom. The van der Waals surface area contributed by atoms with Crippen LogP contribution in [0.5, 0.6) is 0 Å². The maximum absolute atomic E-state index is 10.6. The minimum Gasteiger partial charge on any atom is -0.472 e. The van der Waals surface area contributed by atoms with Crippen LogP contribution in [-0.2, 0) is 4.79 Å². The van der Waals surface area contributed by atoms with Crippen molar-refractivity contribution in [1.29, 1.82) is 0 Å². The highest BCUT2D eigenvalue weighted by Gasteiger charge is 2.28. The second kappa shape index (κ2) is 3.36. The molecule has 0 aliphatic heterocycles. The van der Waals surface area contributed by atoms with Crippen molar-refractivity contribution in [2.75, 3.05) is 0 Å². The average Bonchev–Trinajstić information content (AvgIpc) is 2.61. The van der Waals surface area contributed by atoms with Crippen molar-refractivity contribution in [3.8, 4) is 0 Å². The van der Waals surface area contributed by atoms with E-state index in [2.05, 4.69) is 9.77 Å². The Morgan fingerprint density at radius 1 is 1.47 bits per heavy atom. The van der Waals surface area contributed by atoms with Crippen LogP contribution < -0.4 is 0 Å². The molecule has 74 valence electrons. The minimum atomic E-state index is -1.40. The molecule has 1 heterocycles. The predicted molar refractivity (Wildman–Crippen MR) is 49.4 cm³/mol. The van der Waals surface area contributed by atoms with Gasteiger partial charge in [-0.2, -0.15) is 4.79 Å². The lowest BCUT2D eigenvalue weighted by molar-refractivity contribution is -0.134. The Bertz CT molecular complexity index is 548. The molecule has 0 amide bonds. The number of para-hydroxylation sites is 2. The van der Waals surface area contributed by atoms with Crippen molar-refractivity contribution < 1.29 is 19.1 Å². The Labute approximate surface area is 83.4 Å². The van der Waals surface area contributed by atoms with Crippen LogP contribution in [0.2, 0.25) is 0 Å². The summed E-state index contributed by atoms with van der Waals surface area (Å²) in [4.78, 5) is 17.1. The normalized spacial score (nSPS) is 9.87. The van der Waals surface area contributed by atoms with Crippen LogP contribution >= 0.6 is 0 Å². The third-order valence-electron chi connectivity index (χ3n) is 1.80. The predicted octanol–water partition coefficient (Wildman–Crippen LogP) is 0.931. The Kier molecular flexibility index (Phi) is 2.04. The molecule has 6 heteroatoms. The van der Waals surface area contributed by atoms with Crippen molar-refractivity contribution >= 4 is 22.8 Å². The Morgan fingerprint density at radius 2 is 2.20 bits per heavy atom. The first kappa shape index (κ1) is 9.11. The minimum absolute atomic E-state index is 0.216. The van der Waals surface area contributed by atoms with Gasteiger partial charge in [0, 0.05) is 0 Å². The van der Waals surface area contributed by atoms with Gasteiger partial charge in [-0.3, -0.25) is 0 Å². The number of carboxylic acid groups (broad SMARTS) is 1. The number of nitrogens with zero attached hydrogens (tertiary/aromatic N) is 3. The van der Waals surface area contributed by atoms with Crippen molar-refractivity contribution in [3.63, 3.8) is 0 Å². The summed E-state index contributed by atoms with van der Waals surface area (Å²) in [6, 6.07) is 6.78. The van der Waals surface area contributed by atoms with Gasteiger partial charge in [-0.05, 0) is 12.1 Å². The first-order chi connectivity index (χ1) is 7.22. The highest BCUT2D eigenvalue weighted by molar-refractivity contribution is 6.38. The van der Waals surface area contributed by atoms with Gasteiger partial charge in [-0.15, -0.1) is 0 Å². The summed E-state index contributed by atoms with van der Waals surface area (Å²) in [7, 11) is 0. The number of fused-ring (bicyclic) bond motifs is 1. The fourth-order valence-corrected chi connectivity index (χ4v) is 1.15. The Balaban J connectivity index is 2.63. The SMILES string of the molecule is [N-]=[N+]=C(C(=O)O)c1nc2ccccc2o1. The quantitative estimate of drug-likeness (QED) is 0.445. The number of aliphatic carboxylic acids is 1. The highest BCUT2D eigenvalue weighted by Crippen LogP contribution is 2.14. The maximum atomic E-state index is 10.6. The van der Waals surface area contributed by atoms with Gasteiger partial charge in [0.25, 0.3) is 0 Å². The van der Waals surface area contributed by atoms with Gasteiger partial charge in [0.05, 0.1) is 0 Å². The molecule has 1 aromatic carbocycles. The van der Waals surface area contributed by atoms with E-state index < -0.39 is 11.7 Å². The molecular weight excluding hydrogens is 198 g/mol. The van der Waals surface area contributed by atoms with Crippen molar-refractivity contribution in [1.82, 2.24) is 4.98 Å². The third-order valence-corrected chi connectivity index (χ3v) is 1.80. The molecule has 0 aliphatic carbocycles. The van der Waals surface area contributed by atoms with E-state index in [1.54, 1.807) is 24.3 Å². The average molecular weight is 203 g/mol. The zero-order valence-corrected chi connectivity index (χ0v) is 7.41. The van der Waals surface area contributed by atoms with E-state index >= 15 is 0 Å². The van der Waals surface area contributed by atoms with Crippen LogP contribution in [0.1, 0.15) is 5.89 Å². The van der Waals surface area contributed by atoms with Crippen LogP contribution in [0.15, 0.2) is 28.7 Å². The first-order valence-corrected chi connectivity index (χ1v) is 4.03. The number of oxazole rings is 1. The molecule has 0 radical (unpaired) electrons. The molecule has 2 rings (SSSR count). The summed E-state index contributed by atoms with van der Waals surface area (Å²) in [6.07, 6.45) is 0. The second-order valence-corrected chi connectivity index (χ2v) is 2.74. The van der Waals surface area contributed by atoms with Crippen molar-refractivity contribution in [2.45, 2.75) is 0 Å². The summed E-state index contributed by atoms with van der Waals surface area (Å²) in [5.74, 6) is -1.62. The van der Waals surface area contributed by atoms with E-state index in [9.17, 15) is 4.79 Å². The number of rotatable bonds is 2. The number of hydrogen-bond acceptors (Lipinski definition) is 3. The lowest BCUT2D eigenvalue weighted by Crippen LogP contribution is -2.15. The standard InChI is InChI=1S/C9H5N3O3/c10-12-7(9(13)14)8-11-5-3-1-2-4-6(5)15-8/h1-4H,(H,13,14). The number of carboxylic acids is 1. The zero-order valence-electron chi connectivity index (χ0n) is 7.41. The number of carbonyl (C=O) groups is 1. The van der Waals surface area contributed by atoms with E-state index in [0.29, 0.717) is 11.1 Å². The van der Waals surface area contributed by atoms with Gasteiger partial charge < -0.3 is 15.1 Å². The molecule has 0 saturated heterocycles.